The number of hydrogen-bond acceptors (Lipinski definition) is 6. The van der Waals surface area contributed by atoms with E-state index < -0.39 is 0 Å². The number of para-hydroxylation sites is 2. The van der Waals surface area contributed by atoms with Crippen molar-refractivity contribution in [1.82, 2.24) is 20.0 Å². The van der Waals surface area contributed by atoms with Crippen LogP contribution in [0, 0.1) is 6.92 Å². The van der Waals surface area contributed by atoms with Crippen molar-refractivity contribution in [3.8, 4) is 0 Å². The molecular formula is C20H23N5O3S. The van der Waals surface area contributed by atoms with Gasteiger partial charge in [0.25, 0.3) is 0 Å². The Morgan fingerprint density at radius 3 is 3.00 bits per heavy atom. The van der Waals surface area contributed by atoms with Gasteiger partial charge in [0.05, 0.1) is 22.5 Å². The quantitative estimate of drug-likeness (QED) is 0.644. The van der Waals surface area contributed by atoms with Crippen LogP contribution in [0.15, 0.2) is 34.9 Å². The van der Waals surface area contributed by atoms with Crippen LogP contribution in [0.3, 0.4) is 0 Å². The Bertz CT molecular complexity index is 981. The monoisotopic (exact) mass is 413 g/mol. The summed E-state index contributed by atoms with van der Waals surface area (Å²) in [4.78, 5) is 34.5. The maximum Gasteiger partial charge on any atom is 0.235 e. The van der Waals surface area contributed by atoms with E-state index >= 15 is 0 Å². The van der Waals surface area contributed by atoms with Crippen molar-refractivity contribution in [2.45, 2.75) is 25.7 Å². The molecule has 1 aromatic carbocycles. The zero-order valence-electron chi connectivity index (χ0n) is 16.2. The number of fused-ring (bicyclic) bond motifs is 1. The molecule has 152 valence electrons. The first-order valence-electron chi connectivity index (χ1n) is 9.62. The average Bonchev–Trinajstić information content (AvgIpc) is 3.34. The zero-order chi connectivity index (χ0) is 20.2. The van der Waals surface area contributed by atoms with Crippen LogP contribution in [0.4, 0.5) is 5.82 Å². The van der Waals surface area contributed by atoms with Gasteiger partial charge in [-0.15, -0.1) is 11.8 Å². The lowest BCUT2D eigenvalue weighted by Crippen LogP contribution is -2.40. The number of likely N-dealkylation sites (tertiary alicyclic amines) is 1. The van der Waals surface area contributed by atoms with Crippen molar-refractivity contribution >= 4 is 40.4 Å². The Morgan fingerprint density at radius 1 is 1.34 bits per heavy atom. The molecule has 29 heavy (non-hydrogen) atoms. The molecule has 4 rings (SSSR count). The smallest absolute Gasteiger partial charge is 0.235 e. The lowest BCUT2D eigenvalue weighted by Gasteiger charge is -2.31. The number of anilines is 1. The predicted octanol–water partition coefficient (Wildman–Crippen LogP) is 2.94. The maximum absolute atomic E-state index is 12.6. The summed E-state index contributed by atoms with van der Waals surface area (Å²) in [5, 5.41) is 6.38. The third kappa shape index (κ3) is 4.79. The van der Waals surface area contributed by atoms with Gasteiger partial charge >= 0.3 is 0 Å². The molecule has 3 aromatic rings. The van der Waals surface area contributed by atoms with E-state index in [1.807, 2.05) is 29.2 Å². The molecule has 0 bridgehead atoms. The van der Waals surface area contributed by atoms with E-state index in [2.05, 4.69) is 15.5 Å². The Morgan fingerprint density at radius 2 is 2.21 bits per heavy atom. The van der Waals surface area contributed by atoms with Gasteiger partial charge in [0.15, 0.2) is 5.82 Å². The summed E-state index contributed by atoms with van der Waals surface area (Å²) in [6, 6.07) is 9.61. The number of aromatic nitrogens is 3. The second kappa shape index (κ2) is 8.69. The van der Waals surface area contributed by atoms with Gasteiger partial charge in [-0.25, -0.2) is 4.98 Å². The highest BCUT2D eigenvalue weighted by atomic mass is 32.2. The second-order valence-electron chi connectivity index (χ2n) is 7.18. The van der Waals surface area contributed by atoms with Crippen LogP contribution in [0.25, 0.3) is 11.0 Å². The van der Waals surface area contributed by atoms with Crippen LogP contribution in [-0.4, -0.2) is 56.4 Å². The molecule has 2 amide bonds. The van der Waals surface area contributed by atoms with E-state index in [0.717, 1.165) is 36.2 Å². The fraction of sp³-hybridized carbons (Fsp3) is 0.400. The molecule has 1 saturated heterocycles. The van der Waals surface area contributed by atoms with Crippen molar-refractivity contribution in [3.05, 3.63) is 41.9 Å². The van der Waals surface area contributed by atoms with Gasteiger partial charge in [-0.2, -0.15) is 0 Å². The molecule has 9 heteroatoms. The maximum atomic E-state index is 12.6. The second-order valence-corrected chi connectivity index (χ2v) is 8.17. The number of amides is 2. The van der Waals surface area contributed by atoms with Crippen LogP contribution in [0.1, 0.15) is 30.3 Å². The molecule has 1 fully saturated rings. The first kappa shape index (κ1) is 19.5. The number of piperidine rings is 1. The summed E-state index contributed by atoms with van der Waals surface area (Å²) >= 11 is 1.30. The molecule has 1 aliphatic heterocycles. The molecule has 2 N–H and O–H groups in total. The number of hydrogen-bond donors (Lipinski definition) is 2. The Kier molecular flexibility index (Phi) is 5.84. The summed E-state index contributed by atoms with van der Waals surface area (Å²) in [7, 11) is 0. The van der Waals surface area contributed by atoms with E-state index in [0.29, 0.717) is 18.1 Å². The van der Waals surface area contributed by atoms with Crippen LogP contribution >= 0.6 is 11.8 Å². The van der Waals surface area contributed by atoms with Crippen LogP contribution < -0.4 is 5.32 Å². The van der Waals surface area contributed by atoms with Crippen molar-refractivity contribution in [2.75, 3.05) is 29.9 Å². The highest BCUT2D eigenvalue weighted by Gasteiger charge is 2.26. The van der Waals surface area contributed by atoms with E-state index in [1.54, 1.807) is 13.0 Å². The van der Waals surface area contributed by atoms with Gasteiger partial charge in [0, 0.05) is 25.1 Å². The minimum atomic E-state index is -0.199. The highest BCUT2D eigenvalue weighted by Crippen LogP contribution is 2.27. The molecule has 2 aromatic heterocycles. The van der Waals surface area contributed by atoms with E-state index in [1.165, 1.54) is 11.8 Å². The first-order valence-corrected chi connectivity index (χ1v) is 10.8. The SMILES string of the molecule is Cc1cc(NC(=O)CSCC(=O)N2CCCC(c3nc4ccccc4[nH]3)C2)no1. The zero-order valence-corrected chi connectivity index (χ0v) is 17.0. The van der Waals surface area contributed by atoms with Crippen LogP contribution in [-0.2, 0) is 9.59 Å². The summed E-state index contributed by atoms with van der Waals surface area (Å²) in [5.74, 6) is 2.51. The molecular weight excluding hydrogens is 390 g/mol. The van der Waals surface area contributed by atoms with E-state index in [-0.39, 0.29) is 29.2 Å². The van der Waals surface area contributed by atoms with Gasteiger partial charge in [0.2, 0.25) is 11.8 Å². The normalized spacial score (nSPS) is 16.9. The van der Waals surface area contributed by atoms with Crippen LogP contribution in [0.2, 0.25) is 0 Å². The molecule has 1 aliphatic rings. The number of nitrogens with one attached hydrogen (secondary N) is 2. The molecule has 0 saturated carbocycles. The minimum Gasteiger partial charge on any atom is -0.360 e. The molecule has 3 heterocycles. The number of benzene rings is 1. The predicted molar refractivity (Wildman–Crippen MR) is 112 cm³/mol. The van der Waals surface area contributed by atoms with Gasteiger partial charge in [-0.3, -0.25) is 9.59 Å². The van der Waals surface area contributed by atoms with Gasteiger partial charge in [-0.1, -0.05) is 17.3 Å². The summed E-state index contributed by atoms with van der Waals surface area (Å²) < 4.78 is 4.91. The Labute approximate surface area is 172 Å². The number of rotatable bonds is 6. The van der Waals surface area contributed by atoms with Crippen LogP contribution in [0.5, 0.6) is 0 Å². The van der Waals surface area contributed by atoms with Gasteiger partial charge < -0.3 is 19.7 Å². The Hall–Kier alpha value is -2.81. The van der Waals surface area contributed by atoms with Crippen molar-refractivity contribution in [1.29, 1.82) is 0 Å². The molecule has 1 atom stereocenters. The van der Waals surface area contributed by atoms with Gasteiger partial charge in [0.1, 0.15) is 11.6 Å². The fourth-order valence-electron chi connectivity index (χ4n) is 3.52. The highest BCUT2D eigenvalue weighted by molar-refractivity contribution is 8.00. The van der Waals surface area contributed by atoms with Gasteiger partial charge in [-0.05, 0) is 31.9 Å². The molecule has 1 unspecified atom stereocenters. The average molecular weight is 414 g/mol. The summed E-state index contributed by atoms with van der Waals surface area (Å²) in [6.07, 6.45) is 1.96. The number of thioether (sulfide) groups is 1. The largest absolute Gasteiger partial charge is 0.360 e. The van der Waals surface area contributed by atoms with Crippen molar-refractivity contribution < 1.29 is 14.1 Å². The Balaban J connectivity index is 1.26. The standard InChI is InChI=1S/C20H23N5O3S/c1-13-9-17(24-28-13)23-18(26)11-29-12-19(27)25-8-4-5-14(10-25)20-21-15-6-2-3-7-16(15)22-20/h2-3,6-7,9,14H,4-5,8,10-12H2,1H3,(H,21,22)(H,23,24,26). The third-order valence-electron chi connectivity index (χ3n) is 4.92. The lowest BCUT2D eigenvalue weighted by molar-refractivity contribution is -0.129. The number of imidazole rings is 1. The number of nitrogens with zero attached hydrogens (tertiary/aromatic N) is 3. The number of H-pyrrole nitrogens is 1. The third-order valence-corrected chi connectivity index (χ3v) is 5.84. The fourth-order valence-corrected chi connectivity index (χ4v) is 4.24. The molecule has 8 nitrogen and oxygen atoms in total. The first-order chi connectivity index (χ1) is 14.1. The molecule has 0 aliphatic carbocycles. The molecule has 0 spiro atoms. The summed E-state index contributed by atoms with van der Waals surface area (Å²) in [5.41, 5.74) is 1.98. The van der Waals surface area contributed by atoms with E-state index in [4.69, 9.17) is 9.51 Å². The van der Waals surface area contributed by atoms with Crippen molar-refractivity contribution in [3.63, 3.8) is 0 Å². The van der Waals surface area contributed by atoms with E-state index in [9.17, 15) is 9.59 Å². The lowest BCUT2D eigenvalue weighted by atomic mass is 9.97. The molecule has 0 radical (unpaired) electrons. The minimum absolute atomic E-state index is 0.0564. The number of carbonyl (C=O) groups excluding carboxylic acids is 2. The van der Waals surface area contributed by atoms with Crippen molar-refractivity contribution in [2.24, 2.45) is 0 Å². The number of aromatic amines is 1. The topological polar surface area (TPSA) is 104 Å². The number of carbonyl (C=O) groups is 2. The number of aryl methyl sites for hydroxylation is 1. The summed E-state index contributed by atoms with van der Waals surface area (Å²) in [6.45, 7) is 3.16.